The van der Waals surface area contributed by atoms with Crippen molar-refractivity contribution in [1.29, 1.82) is 0 Å². The topological polar surface area (TPSA) is 84.9 Å². The van der Waals surface area contributed by atoms with Gasteiger partial charge >= 0.3 is 18.1 Å². The molecule has 0 aliphatic heterocycles. The molecule has 0 amide bonds. The lowest BCUT2D eigenvalue weighted by Gasteiger charge is -2.06. The van der Waals surface area contributed by atoms with Crippen LogP contribution in [0, 0.1) is 0 Å². The van der Waals surface area contributed by atoms with Gasteiger partial charge in [0.05, 0.1) is 10.0 Å². The van der Waals surface area contributed by atoms with Crippen LogP contribution in [0.15, 0.2) is 47.4 Å². The molecule has 0 bridgehead atoms. The Morgan fingerprint density at radius 2 is 1.70 bits per heavy atom. The van der Waals surface area contributed by atoms with Crippen LogP contribution in [-0.4, -0.2) is 33.5 Å². The molecule has 3 rings (SSSR count). The molecule has 0 fully saturated rings. The van der Waals surface area contributed by atoms with E-state index in [1.807, 2.05) is 30.3 Å². The number of aromatic nitrogens is 3. The molecule has 30 heavy (non-hydrogen) atoms. The van der Waals surface area contributed by atoms with Gasteiger partial charge in [-0.1, -0.05) is 46.6 Å². The fourth-order valence-corrected chi connectivity index (χ4v) is 3.41. The van der Waals surface area contributed by atoms with Gasteiger partial charge < -0.3 is 4.74 Å². The third-order valence-electron chi connectivity index (χ3n) is 3.72. The molecule has 0 atom stereocenters. The minimum absolute atomic E-state index is 0.0496. The number of nitrogens with zero attached hydrogens (tertiary/aromatic N) is 2. The van der Waals surface area contributed by atoms with E-state index in [4.69, 9.17) is 23.2 Å². The SMILES string of the molecule is O=C(OC(=O)C(F)(F)F)c1[nH]nnc1CSc1ccc(-c2ccc(Cl)c(Cl)c2)cc1. The predicted molar refractivity (Wildman–Crippen MR) is 104 cm³/mol. The molecule has 1 N–H and O–H groups in total. The van der Waals surface area contributed by atoms with Crippen LogP contribution in [0.4, 0.5) is 13.2 Å². The van der Waals surface area contributed by atoms with Gasteiger partial charge in [-0.3, -0.25) is 5.10 Å². The molecule has 0 saturated carbocycles. The largest absolute Gasteiger partial charge is 0.491 e. The number of H-pyrrole nitrogens is 1. The number of hydrogen-bond donors (Lipinski definition) is 1. The van der Waals surface area contributed by atoms with Crippen LogP contribution in [0.25, 0.3) is 11.1 Å². The molecule has 12 heteroatoms. The summed E-state index contributed by atoms with van der Waals surface area (Å²) >= 11 is 13.2. The normalized spacial score (nSPS) is 11.4. The van der Waals surface area contributed by atoms with Gasteiger partial charge in [-0.25, -0.2) is 9.59 Å². The molecule has 1 aromatic heterocycles. The first-order valence-corrected chi connectivity index (χ1v) is 9.81. The van der Waals surface area contributed by atoms with Gasteiger partial charge in [0.15, 0.2) is 5.69 Å². The van der Waals surface area contributed by atoms with Crippen molar-refractivity contribution in [2.75, 3.05) is 0 Å². The molecule has 2 aromatic carbocycles. The van der Waals surface area contributed by atoms with Crippen LogP contribution < -0.4 is 0 Å². The number of rotatable bonds is 5. The lowest BCUT2D eigenvalue weighted by Crippen LogP contribution is -2.28. The number of thioether (sulfide) groups is 1. The van der Waals surface area contributed by atoms with Crippen molar-refractivity contribution in [1.82, 2.24) is 15.4 Å². The number of halogens is 5. The zero-order valence-electron chi connectivity index (χ0n) is 14.7. The summed E-state index contributed by atoms with van der Waals surface area (Å²) in [6.07, 6.45) is -5.28. The Hall–Kier alpha value is -2.56. The third kappa shape index (κ3) is 5.32. The van der Waals surface area contributed by atoms with E-state index in [0.717, 1.165) is 16.0 Å². The first-order valence-electron chi connectivity index (χ1n) is 8.06. The Bertz CT molecular complexity index is 1090. The summed E-state index contributed by atoms with van der Waals surface area (Å²) in [6, 6.07) is 12.6. The average Bonchev–Trinajstić information content (AvgIpc) is 3.17. The number of carbonyl (C=O) groups excluding carboxylic acids is 2. The Morgan fingerprint density at radius 1 is 1.03 bits per heavy atom. The van der Waals surface area contributed by atoms with Crippen molar-refractivity contribution in [2.45, 2.75) is 16.8 Å². The number of aromatic amines is 1. The molecule has 156 valence electrons. The molecule has 0 spiro atoms. The summed E-state index contributed by atoms with van der Waals surface area (Å²) in [5.74, 6) is -4.01. The van der Waals surface area contributed by atoms with Crippen molar-refractivity contribution in [3.8, 4) is 11.1 Å². The Morgan fingerprint density at radius 3 is 2.33 bits per heavy atom. The van der Waals surface area contributed by atoms with E-state index in [2.05, 4.69) is 20.1 Å². The van der Waals surface area contributed by atoms with Gasteiger partial charge in [0.2, 0.25) is 0 Å². The molecular formula is C18H10Cl2F3N3O3S. The maximum absolute atomic E-state index is 12.2. The maximum atomic E-state index is 12.2. The van der Waals surface area contributed by atoms with Crippen molar-refractivity contribution in [2.24, 2.45) is 0 Å². The Kier molecular flexibility index (Phi) is 6.69. The molecule has 0 unspecified atom stereocenters. The molecule has 0 saturated heterocycles. The average molecular weight is 476 g/mol. The minimum atomic E-state index is -5.28. The standard InChI is InChI=1S/C18H10Cl2F3N3O3S/c19-12-6-3-10(7-13(12)20)9-1-4-11(5-2-9)30-8-14-15(25-26-24-14)16(27)29-17(28)18(21,22)23/h1-7H,8H2,(H,24,25,26). The highest BCUT2D eigenvalue weighted by Crippen LogP contribution is 2.30. The lowest BCUT2D eigenvalue weighted by atomic mass is 10.1. The highest BCUT2D eigenvalue weighted by molar-refractivity contribution is 7.98. The highest BCUT2D eigenvalue weighted by atomic mass is 35.5. The van der Waals surface area contributed by atoms with Crippen molar-refractivity contribution < 1.29 is 27.5 Å². The number of esters is 2. The van der Waals surface area contributed by atoms with Crippen LogP contribution in [0.2, 0.25) is 10.0 Å². The number of benzene rings is 2. The first kappa shape index (κ1) is 22.1. The van der Waals surface area contributed by atoms with Gasteiger partial charge in [-0.2, -0.15) is 13.2 Å². The van der Waals surface area contributed by atoms with E-state index in [0.29, 0.717) is 10.0 Å². The quantitative estimate of drug-likeness (QED) is 0.305. The highest BCUT2D eigenvalue weighted by Gasteiger charge is 2.43. The van der Waals surface area contributed by atoms with E-state index >= 15 is 0 Å². The summed E-state index contributed by atoms with van der Waals surface area (Å²) in [7, 11) is 0. The monoisotopic (exact) mass is 475 g/mol. The lowest BCUT2D eigenvalue weighted by molar-refractivity contribution is -0.193. The number of hydrogen-bond acceptors (Lipinski definition) is 6. The zero-order valence-corrected chi connectivity index (χ0v) is 17.0. The molecule has 3 aromatic rings. The second-order valence-corrected chi connectivity index (χ2v) is 7.61. The minimum Gasteiger partial charge on any atom is -0.381 e. The predicted octanol–water partition coefficient (Wildman–Crippen LogP) is 5.32. The fourth-order valence-electron chi connectivity index (χ4n) is 2.28. The molecule has 0 radical (unpaired) electrons. The fraction of sp³-hybridized carbons (Fsp3) is 0.111. The summed E-state index contributed by atoms with van der Waals surface area (Å²) < 4.78 is 40.5. The number of alkyl halides is 3. The molecule has 6 nitrogen and oxygen atoms in total. The molecular weight excluding hydrogens is 466 g/mol. The smallest absolute Gasteiger partial charge is 0.381 e. The van der Waals surface area contributed by atoms with Crippen LogP contribution in [0.3, 0.4) is 0 Å². The third-order valence-corrected chi connectivity index (χ3v) is 5.49. The van der Waals surface area contributed by atoms with E-state index in [-0.39, 0.29) is 11.4 Å². The van der Waals surface area contributed by atoms with Gasteiger partial charge in [0.25, 0.3) is 0 Å². The second kappa shape index (κ2) is 9.07. The van der Waals surface area contributed by atoms with E-state index < -0.39 is 23.8 Å². The van der Waals surface area contributed by atoms with Crippen LogP contribution in [-0.2, 0) is 15.3 Å². The number of carbonyl (C=O) groups is 2. The van der Waals surface area contributed by atoms with Gasteiger partial charge in [-0.05, 0) is 35.4 Å². The Labute approximate surface area is 181 Å². The van der Waals surface area contributed by atoms with Gasteiger partial charge in [-0.15, -0.1) is 16.9 Å². The zero-order chi connectivity index (χ0) is 21.9. The first-order chi connectivity index (χ1) is 14.1. The van der Waals surface area contributed by atoms with Crippen LogP contribution >= 0.6 is 35.0 Å². The number of ether oxygens (including phenoxy) is 1. The molecule has 0 aliphatic rings. The summed E-state index contributed by atoms with van der Waals surface area (Å²) in [4.78, 5) is 23.4. The summed E-state index contributed by atoms with van der Waals surface area (Å²) in [6.45, 7) is 0. The van der Waals surface area contributed by atoms with Crippen molar-refractivity contribution >= 4 is 46.9 Å². The second-order valence-electron chi connectivity index (χ2n) is 5.75. The van der Waals surface area contributed by atoms with E-state index in [9.17, 15) is 22.8 Å². The summed E-state index contributed by atoms with van der Waals surface area (Å²) in [5, 5.41) is 10.1. The molecule has 1 heterocycles. The number of nitrogens with one attached hydrogen (secondary N) is 1. The molecule has 0 aliphatic carbocycles. The Balaban J connectivity index is 1.65. The van der Waals surface area contributed by atoms with Gasteiger partial charge in [0, 0.05) is 10.6 Å². The van der Waals surface area contributed by atoms with Crippen molar-refractivity contribution in [3.63, 3.8) is 0 Å². The van der Waals surface area contributed by atoms with Crippen molar-refractivity contribution in [3.05, 3.63) is 63.9 Å². The van der Waals surface area contributed by atoms with Crippen LogP contribution in [0.5, 0.6) is 0 Å². The van der Waals surface area contributed by atoms with E-state index in [1.54, 1.807) is 12.1 Å². The van der Waals surface area contributed by atoms with E-state index in [1.165, 1.54) is 11.8 Å². The maximum Gasteiger partial charge on any atom is 0.491 e. The summed E-state index contributed by atoms with van der Waals surface area (Å²) in [5.41, 5.74) is 1.40. The van der Waals surface area contributed by atoms with Crippen LogP contribution in [0.1, 0.15) is 16.2 Å². The van der Waals surface area contributed by atoms with Gasteiger partial charge in [0.1, 0.15) is 5.69 Å².